The highest BCUT2D eigenvalue weighted by Crippen LogP contribution is 2.26. The van der Waals surface area contributed by atoms with Crippen LogP contribution < -0.4 is 10.1 Å². The molecular weight excluding hydrogens is 290 g/mol. The molecular formula is C13H17N5O2S. The van der Waals surface area contributed by atoms with Crippen LogP contribution in [0.1, 0.15) is 12.5 Å². The maximum absolute atomic E-state index is 11.5. The largest absolute Gasteiger partial charge is 0.494 e. The van der Waals surface area contributed by atoms with E-state index in [1.807, 2.05) is 32.0 Å². The molecule has 2 aromatic rings. The molecule has 112 valence electrons. The van der Waals surface area contributed by atoms with E-state index < -0.39 is 0 Å². The van der Waals surface area contributed by atoms with Crippen molar-refractivity contribution >= 4 is 17.7 Å². The maximum Gasteiger partial charge on any atom is 0.230 e. The van der Waals surface area contributed by atoms with E-state index in [0.717, 1.165) is 11.3 Å². The molecule has 1 aromatic heterocycles. The zero-order chi connectivity index (χ0) is 15.2. The summed E-state index contributed by atoms with van der Waals surface area (Å²) in [6.07, 6.45) is 0. The van der Waals surface area contributed by atoms with E-state index in [1.54, 1.807) is 11.8 Å². The number of tetrazole rings is 1. The smallest absolute Gasteiger partial charge is 0.230 e. The molecule has 0 saturated heterocycles. The van der Waals surface area contributed by atoms with E-state index >= 15 is 0 Å². The third-order valence-corrected chi connectivity index (χ3v) is 3.63. The second-order valence-corrected chi connectivity index (χ2v) is 5.23. The van der Waals surface area contributed by atoms with Crippen molar-refractivity contribution in [2.24, 2.45) is 0 Å². The van der Waals surface area contributed by atoms with Crippen molar-refractivity contribution in [1.82, 2.24) is 25.5 Å². The molecule has 0 saturated carbocycles. The number of hydrogen-bond donors (Lipinski definition) is 1. The van der Waals surface area contributed by atoms with Crippen molar-refractivity contribution in [2.75, 3.05) is 19.4 Å². The average molecular weight is 307 g/mol. The Hall–Kier alpha value is -2.09. The van der Waals surface area contributed by atoms with E-state index in [2.05, 4.69) is 20.8 Å². The molecule has 1 amide bonds. The molecule has 7 nitrogen and oxygen atoms in total. The highest BCUT2D eigenvalue weighted by atomic mass is 32.2. The van der Waals surface area contributed by atoms with Crippen LogP contribution in [0.3, 0.4) is 0 Å². The van der Waals surface area contributed by atoms with E-state index in [9.17, 15) is 4.79 Å². The number of amides is 1. The fourth-order valence-corrected chi connectivity index (χ4v) is 2.48. The van der Waals surface area contributed by atoms with Gasteiger partial charge in [-0.1, -0.05) is 17.8 Å². The first-order valence-corrected chi connectivity index (χ1v) is 7.47. The second kappa shape index (κ2) is 7.07. The Morgan fingerprint density at radius 1 is 1.48 bits per heavy atom. The summed E-state index contributed by atoms with van der Waals surface area (Å²) in [5.74, 6) is 0.892. The third kappa shape index (κ3) is 3.72. The van der Waals surface area contributed by atoms with Crippen molar-refractivity contribution in [3.63, 3.8) is 0 Å². The van der Waals surface area contributed by atoms with Crippen LogP contribution in [0.5, 0.6) is 5.75 Å². The van der Waals surface area contributed by atoms with Gasteiger partial charge in [0.15, 0.2) is 0 Å². The van der Waals surface area contributed by atoms with Crippen LogP contribution in [-0.4, -0.2) is 45.5 Å². The van der Waals surface area contributed by atoms with Crippen molar-refractivity contribution in [3.8, 4) is 11.4 Å². The lowest BCUT2D eigenvalue weighted by molar-refractivity contribution is -0.118. The van der Waals surface area contributed by atoms with Gasteiger partial charge in [-0.25, -0.2) is 0 Å². The Bertz CT molecular complexity index is 629. The van der Waals surface area contributed by atoms with Gasteiger partial charge in [0.05, 0.1) is 12.9 Å². The minimum Gasteiger partial charge on any atom is -0.494 e. The molecule has 21 heavy (non-hydrogen) atoms. The lowest BCUT2D eigenvalue weighted by Gasteiger charge is -2.10. The van der Waals surface area contributed by atoms with E-state index in [1.165, 1.54) is 11.8 Å². The Kier molecular flexibility index (Phi) is 5.15. The summed E-state index contributed by atoms with van der Waals surface area (Å²) < 4.78 is 6.92. The number of nitrogens with one attached hydrogen (secondary N) is 1. The Morgan fingerprint density at radius 3 is 3.00 bits per heavy atom. The van der Waals surface area contributed by atoms with Crippen LogP contribution in [0.15, 0.2) is 23.4 Å². The number of rotatable bonds is 6. The first-order valence-electron chi connectivity index (χ1n) is 6.48. The number of hydrogen-bond acceptors (Lipinski definition) is 6. The predicted octanol–water partition coefficient (Wildman–Crippen LogP) is 1.21. The van der Waals surface area contributed by atoms with Gasteiger partial charge in [0.1, 0.15) is 11.4 Å². The number of methoxy groups -OCH3 is 1. The number of ether oxygens (including phenoxy) is 1. The molecule has 0 atom stereocenters. The fourth-order valence-electron chi connectivity index (χ4n) is 1.76. The molecule has 1 heterocycles. The molecule has 2 rings (SSSR count). The van der Waals surface area contributed by atoms with Gasteiger partial charge in [0, 0.05) is 6.54 Å². The van der Waals surface area contributed by atoms with Gasteiger partial charge in [0.25, 0.3) is 0 Å². The molecule has 0 unspecified atom stereocenters. The Labute approximate surface area is 127 Å². The van der Waals surface area contributed by atoms with Crippen molar-refractivity contribution < 1.29 is 9.53 Å². The van der Waals surface area contributed by atoms with Gasteiger partial charge >= 0.3 is 0 Å². The summed E-state index contributed by atoms with van der Waals surface area (Å²) >= 11 is 1.28. The summed E-state index contributed by atoms with van der Waals surface area (Å²) in [5.41, 5.74) is 1.82. The number of carbonyl (C=O) groups is 1. The van der Waals surface area contributed by atoms with Crippen LogP contribution in [0.2, 0.25) is 0 Å². The molecule has 0 bridgehead atoms. The summed E-state index contributed by atoms with van der Waals surface area (Å²) in [6, 6.07) is 5.75. The van der Waals surface area contributed by atoms with Crippen molar-refractivity contribution in [3.05, 3.63) is 23.8 Å². The molecule has 1 N–H and O–H groups in total. The van der Waals surface area contributed by atoms with Crippen molar-refractivity contribution in [1.29, 1.82) is 0 Å². The number of aryl methyl sites for hydroxylation is 1. The van der Waals surface area contributed by atoms with Crippen LogP contribution in [0.25, 0.3) is 5.69 Å². The van der Waals surface area contributed by atoms with Gasteiger partial charge in [-0.2, -0.15) is 4.68 Å². The molecule has 0 spiro atoms. The zero-order valence-corrected chi connectivity index (χ0v) is 13.0. The number of carbonyl (C=O) groups excluding carboxylic acids is 1. The van der Waals surface area contributed by atoms with Crippen LogP contribution >= 0.6 is 11.8 Å². The summed E-state index contributed by atoms with van der Waals surface area (Å²) in [7, 11) is 1.60. The molecule has 1 aromatic carbocycles. The summed E-state index contributed by atoms with van der Waals surface area (Å²) in [4.78, 5) is 11.5. The van der Waals surface area contributed by atoms with Gasteiger partial charge in [0.2, 0.25) is 11.1 Å². The maximum atomic E-state index is 11.5. The van der Waals surface area contributed by atoms with E-state index in [4.69, 9.17) is 4.74 Å². The highest BCUT2D eigenvalue weighted by Gasteiger charge is 2.14. The van der Waals surface area contributed by atoms with E-state index in [0.29, 0.717) is 17.5 Å². The Morgan fingerprint density at radius 2 is 2.29 bits per heavy atom. The normalized spacial score (nSPS) is 10.4. The summed E-state index contributed by atoms with van der Waals surface area (Å²) in [6.45, 7) is 4.47. The molecule has 0 fully saturated rings. The quantitative estimate of drug-likeness (QED) is 0.808. The van der Waals surface area contributed by atoms with Gasteiger partial charge < -0.3 is 10.1 Å². The predicted molar refractivity (Wildman–Crippen MR) is 79.9 cm³/mol. The highest BCUT2D eigenvalue weighted by molar-refractivity contribution is 7.99. The standard InChI is InChI=1S/C13H17N5O2S/c1-4-14-12(19)8-21-13-15-16-17-18(13)10-7-9(2)5-6-11(10)20-3/h5-7H,4,8H2,1-3H3,(H,14,19). The third-order valence-electron chi connectivity index (χ3n) is 2.71. The molecule has 0 aliphatic carbocycles. The minimum atomic E-state index is -0.0479. The van der Waals surface area contributed by atoms with Crippen LogP contribution in [-0.2, 0) is 4.79 Å². The molecule has 8 heteroatoms. The van der Waals surface area contributed by atoms with Crippen LogP contribution in [0, 0.1) is 6.92 Å². The van der Waals surface area contributed by atoms with E-state index in [-0.39, 0.29) is 11.7 Å². The molecule has 0 aliphatic heterocycles. The first kappa shape index (κ1) is 15.3. The zero-order valence-electron chi connectivity index (χ0n) is 12.2. The lowest BCUT2D eigenvalue weighted by Crippen LogP contribution is -2.24. The van der Waals surface area contributed by atoms with Crippen LogP contribution in [0.4, 0.5) is 0 Å². The first-order chi connectivity index (χ1) is 10.2. The molecule has 0 aliphatic rings. The topological polar surface area (TPSA) is 81.9 Å². The number of benzene rings is 1. The molecule has 0 radical (unpaired) electrons. The second-order valence-electron chi connectivity index (χ2n) is 4.29. The number of aromatic nitrogens is 4. The van der Waals surface area contributed by atoms with Gasteiger partial charge in [-0.3, -0.25) is 4.79 Å². The summed E-state index contributed by atoms with van der Waals surface area (Å²) in [5, 5.41) is 14.9. The SMILES string of the molecule is CCNC(=O)CSc1nnnn1-c1cc(C)ccc1OC. The number of nitrogens with zero attached hydrogens (tertiary/aromatic N) is 4. The number of thioether (sulfide) groups is 1. The van der Waals surface area contributed by atoms with Crippen molar-refractivity contribution in [2.45, 2.75) is 19.0 Å². The monoisotopic (exact) mass is 307 g/mol. The lowest BCUT2D eigenvalue weighted by atomic mass is 10.2. The average Bonchev–Trinajstić information content (AvgIpc) is 2.93. The Balaban J connectivity index is 2.24. The van der Waals surface area contributed by atoms with Gasteiger partial charge in [-0.05, 0) is 42.0 Å². The van der Waals surface area contributed by atoms with Gasteiger partial charge in [-0.15, -0.1) is 5.10 Å². The fraction of sp³-hybridized carbons (Fsp3) is 0.385. The minimum absolute atomic E-state index is 0.0479.